The number of furan rings is 1. The number of hydrogen-bond acceptors (Lipinski definition) is 6. The first-order valence-electron chi connectivity index (χ1n) is 10.1. The van der Waals surface area contributed by atoms with Crippen molar-refractivity contribution in [2.24, 2.45) is 0 Å². The number of nitrogens with one attached hydrogen (secondary N) is 1. The minimum absolute atomic E-state index is 0.0371. The quantitative estimate of drug-likeness (QED) is 0.283. The van der Waals surface area contributed by atoms with Gasteiger partial charge in [-0.25, -0.2) is 14.6 Å². The molecule has 0 saturated carbocycles. The molecular weight excluding hydrogens is 508 g/mol. The lowest BCUT2D eigenvalue weighted by Gasteiger charge is -2.14. The molecule has 34 heavy (non-hydrogen) atoms. The summed E-state index contributed by atoms with van der Waals surface area (Å²) in [6, 6.07) is 13.8. The molecule has 9 nitrogen and oxygen atoms in total. The predicted octanol–water partition coefficient (Wildman–Crippen LogP) is 4.05. The van der Waals surface area contributed by atoms with Crippen LogP contribution in [0, 0.1) is 0 Å². The van der Waals surface area contributed by atoms with Gasteiger partial charge in [0.1, 0.15) is 17.1 Å². The van der Waals surface area contributed by atoms with Gasteiger partial charge >= 0.3 is 11.9 Å². The third kappa shape index (κ3) is 4.48. The molecule has 1 aliphatic heterocycles. The molecule has 172 valence electrons. The van der Waals surface area contributed by atoms with E-state index in [0.717, 1.165) is 5.01 Å². The molecule has 2 amide bonds. The average molecular weight is 525 g/mol. The van der Waals surface area contributed by atoms with Crippen molar-refractivity contribution in [1.82, 2.24) is 5.43 Å². The molecule has 2 N–H and O–H groups in total. The van der Waals surface area contributed by atoms with E-state index in [-0.39, 0.29) is 29.3 Å². The number of carbonyl (C=O) groups excluding carboxylic acids is 3. The first-order chi connectivity index (χ1) is 16.3. The average Bonchev–Trinajstić information content (AvgIpc) is 3.39. The van der Waals surface area contributed by atoms with Gasteiger partial charge in [0.25, 0.3) is 11.8 Å². The zero-order valence-corrected chi connectivity index (χ0v) is 19.3. The van der Waals surface area contributed by atoms with Gasteiger partial charge in [0, 0.05) is 10.0 Å². The van der Waals surface area contributed by atoms with E-state index in [2.05, 4.69) is 21.4 Å². The molecule has 0 spiro atoms. The Morgan fingerprint density at radius 2 is 1.85 bits per heavy atom. The van der Waals surface area contributed by atoms with Crippen LogP contribution in [0.2, 0.25) is 0 Å². The number of rotatable bonds is 6. The topological polar surface area (TPSA) is 126 Å². The highest BCUT2D eigenvalue weighted by Gasteiger charge is 2.35. The summed E-state index contributed by atoms with van der Waals surface area (Å²) in [4.78, 5) is 48.7. The fraction of sp³-hybridized carbons (Fsp3) is 0.0833. The number of carboxylic acids is 1. The number of hydrogen-bond donors (Lipinski definition) is 2. The standard InChI is InChI=1S/C24H17BrN2O7/c1-2-33-24(32)13-3-6-15(7-4-13)27-22(29)19(21(28)26-27)12-16-8-10-20(34-16)17-9-5-14(25)11-18(17)23(30)31/h3-12H,2H2,1H3,(H,26,28)(H,30,31)/b19-12+. The van der Waals surface area contributed by atoms with Crippen molar-refractivity contribution >= 4 is 51.4 Å². The molecule has 2 heterocycles. The summed E-state index contributed by atoms with van der Waals surface area (Å²) >= 11 is 3.24. The lowest BCUT2D eigenvalue weighted by Crippen LogP contribution is -2.35. The minimum Gasteiger partial charge on any atom is -0.478 e. The predicted molar refractivity (Wildman–Crippen MR) is 125 cm³/mol. The Balaban J connectivity index is 1.58. The largest absolute Gasteiger partial charge is 0.478 e. The molecule has 3 aromatic rings. The summed E-state index contributed by atoms with van der Waals surface area (Å²) in [5, 5.41) is 10.5. The van der Waals surface area contributed by atoms with Crippen LogP contribution in [0.3, 0.4) is 0 Å². The number of halogens is 1. The number of hydrazine groups is 1. The molecule has 0 radical (unpaired) electrons. The van der Waals surface area contributed by atoms with Gasteiger partial charge in [0.2, 0.25) is 0 Å². The van der Waals surface area contributed by atoms with Crippen LogP contribution in [0.4, 0.5) is 5.69 Å². The summed E-state index contributed by atoms with van der Waals surface area (Å²) in [7, 11) is 0. The maximum absolute atomic E-state index is 12.9. The second kappa shape index (κ2) is 9.36. The van der Waals surface area contributed by atoms with Gasteiger partial charge in [-0.15, -0.1) is 0 Å². The Labute approximate surface area is 201 Å². The lowest BCUT2D eigenvalue weighted by molar-refractivity contribution is -0.117. The molecule has 2 aromatic carbocycles. The van der Waals surface area contributed by atoms with Crippen LogP contribution in [0.5, 0.6) is 0 Å². The van der Waals surface area contributed by atoms with Crippen LogP contribution >= 0.6 is 15.9 Å². The number of benzene rings is 2. The molecule has 0 atom stereocenters. The zero-order chi connectivity index (χ0) is 24.4. The van der Waals surface area contributed by atoms with Crippen molar-refractivity contribution in [2.45, 2.75) is 6.92 Å². The van der Waals surface area contributed by atoms with Gasteiger partial charge < -0.3 is 14.3 Å². The zero-order valence-electron chi connectivity index (χ0n) is 17.7. The maximum atomic E-state index is 12.9. The van der Waals surface area contributed by atoms with Crippen LogP contribution in [-0.2, 0) is 14.3 Å². The lowest BCUT2D eigenvalue weighted by atomic mass is 10.1. The highest BCUT2D eigenvalue weighted by Crippen LogP contribution is 2.30. The Bertz CT molecular complexity index is 1340. The molecule has 4 rings (SSSR count). The van der Waals surface area contributed by atoms with Gasteiger partial charge in [-0.1, -0.05) is 15.9 Å². The summed E-state index contributed by atoms with van der Waals surface area (Å²) in [6.07, 6.45) is 1.29. The number of ether oxygens (including phenoxy) is 1. The van der Waals surface area contributed by atoms with Gasteiger partial charge in [-0.2, -0.15) is 0 Å². The molecule has 0 unspecified atom stereocenters. The smallest absolute Gasteiger partial charge is 0.338 e. The van der Waals surface area contributed by atoms with Crippen molar-refractivity contribution in [2.75, 3.05) is 11.6 Å². The number of anilines is 1. The van der Waals surface area contributed by atoms with E-state index in [1.54, 1.807) is 25.1 Å². The molecule has 1 saturated heterocycles. The van der Waals surface area contributed by atoms with Crippen molar-refractivity contribution < 1.29 is 33.4 Å². The SMILES string of the molecule is CCOC(=O)c1ccc(N2NC(=O)/C(=C\c3ccc(-c4ccc(Br)cc4C(=O)O)o3)C2=O)cc1. The Morgan fingerprint density at radius 3 is 2.53 bits per heavy atom. The fourth-order valence-corrected chi connectivity index (χ4v) is 3.69. The van der Waals surface area contributed by atoms with Crippen LogP contribution < -0.4 is 10.4 Å². The van der Waals surface area contributed by atoms with Crippen LogP contribution in [0.25, 0.3) is 17.4 Å². The third-order valence-corrected chi connectivity index (χ3v) is 5.41. The highest BCUT2D eigenvalue weighted by molar-refractivity contribution is 9.10. The van der Waals surface area contributed by atoms with E-state index in [0.29, 0.717) is 21.3 Å². The molecule has 10 heteroatoms. The van der Waals surface area contributed by atoms with Crippen molar-refractivity contribution in [3.05, 3.63) is 81.5 Å². The maximum Gasteiger partial charge on any atom is 0.338 e. The molecule has 0 bridgehead atoms. The molecule has 1 aromatic heterocycles. The fourth-order valence-electron chi connectivity index (χ4n) is 3.33. The van der Waals surface area contributed by atoms with Crippen LogP contribution in [0.1, 0.15) is 33.4 Å². The molecular formula is C24H17BrN2O7. The Hall–Kier alpha value is -4.18. The van der Waals surface area contributed by atoms with Gasteiger partial charge in [-0.05, 0) is 67.6 Å². The number of carboxylic acid groups (broad SMARTS) is 1. The van der Waals surface area contributed by atoms with Crippen LogP contribution in [0.15, 0.2) is 69.1 Å². The molecule has 1 aliphatic rings. The summed E-state index contributed by atoms with van der Waals surface area (Å²) in [6.45, 7) is 1.94. The summed E-state index contributed by atoms with van der Waals surface area (Å²) in [5.41, 5.74) is 3.37. The number of carbonyl (C=O) groups is 4. The monoisotopic (exact) mass is 524 g/mol. The summed E-state index contributed by atoms with van der Waals surface area (Å²) in [5.74, 6) is -2.38. The second-order valence-corrected chi connectivity index (χ2v) is 8.02. The normalized spacial score (nSPS) is 14.4. The van der Waals surface area contributed by atoms with Crippen molar-refractivity contribution in [3.63, 3.8) is 0 Å². The van der Waals surface area contributed by atoms with Gasteiger partial charge in [0.05, 0.1) is 23.4 Å². The summed E-state index contributed by atoms with van der Waals surface area (Å²) < 4.78 is 11.2. The Kier molecular flexibility index (Phi) is 6.33. The number of amides is 2. The van der Waals surface area contributed by atoms with Gasteiger partial charge in [-0.3, -0.25) is 15.0 Å². The van der Waals surface area contributed by atoms with E-state index < -0.39 is 23.8 Å². The number of nitrogens with zero attached hydrogens (tertiary/aromatic N) is 1. The number of esters is 1. The van der Waals surface area contributed by atoms with E-state index in [9.17, 15) is 24.3 Å². The second-order valence-electron chi connectivity index (χ2n) is 7.10. The third-order valence-electron chi connectivity index (χ3n) is 4.92. The van der Waals surface area contributed by atoms with Gasteiger partial charge in [0.15, 0.2) is 0 Å². The van der Waals surface area contributed by atoms with E-state index >= 15 is 0 Å². The highest BCUT2D eigenvalue weighted by atomic mass is 79.9. The van der Waals surface area contributed by atoms with Crippen molar-refractivity contribution in [1.29, 1.82) is 0 Å². The minimum atomic E-state index is -1.12. The van der Waals surface area contributed by atoms with Crippen molar-refractivity contribution in [3.8, 4) is 11.3 Å². The first kappa shape index (κ1) is 23.0. The Morgan fingerprint density at radius 1 is 1.12 bits per heavy atom. The molecule has 1 fully saturated rings. The van der Waals surface area contributed by atoms with E-state index in [1.807, 2.05) is 0 Å². The first-order valence-corrected chi connectivity index (χ1v) is 10.8. The van der Waals surface area contributed by atoms with E-state index in [1.165, 1.54) is 42.5 Å². The van der Waals surface area contributed by atoms with Crippen LogP contribution in [-0.4, -0.2) is 35.5 Å². The molecule has 0 aliphatic carbocycles. The van der Waals surface area contributed by atoms with E-state index in [4.69, 9.17) is 9.15 Å². The number of aromatic carboxylic acids is 1.